The first-order valence-electron chi connectivity index (χ1n) is 6.35. The van der Waals surface area contributed by atoms with E-state index < -0.39 is 0 Å². The first kappa shape index (κ1) is 13.9. The van der Waals surface area contributed by atoms with Crippen LogP contribution in [0.2, 0.25) is 0 Å². The highest BCUT2D eigenvalue weighted by molar-refractivity contribution is 4.71. The Morgan fingerprint density at radius 2 is 1.62 bits per heavy atom. The first-order chi connectivity index (χ1) is 7.72. The van der Waals surface area contributed by atoms with Crippen LogP contribution in [-0.2, 0) is 4.74 Å². The number of hydrogen-bond acceptors (Lipinski definition) is 4. The molecule has 0 aromatic rings. The monoisotopic (exact) mass is 230 g/mol. The maximum Gasteiger partial charge on any atom is 0.0593 e. The van der Waals surface area contributed by atoms with Crippen LogP contribution in [0.15, 0.2) is 0 Å². The summed E-state index contributed by atoms with van der Waals surface area (Å²) < 4.78 is 5.58. The highest BCUT2D eigenvalue weighted by atomic mass is 16.5. The van der Waals surface area contributed by atoms with Gasteiger partial charge in [-0.05, 0) is 5.92 Å². The van der Waals surface area contributed by atoms with E-state index in [1.807, 2.05) is 0 Å². The number of piperazine rings is 1. The highest BCUT2D eigenvalue weighted by Crippen LogP contribution is 2.01. The summed E-state index contributed by atoms with van der Waals surface area (Å²) in [4.78, 5) is 4.75. The Hall–Kier alpha value is -0.160. The van der Waals surface area contributed by atoms with Gasteiger partial charge in [0.2, 0.25) is 0 Å². The van der Waals surface area contributed by atoms with Crippen molar-refractivity contribution in [2.24, 2.45) is 5.92 Å². The summed E-state index contributed by atoms with van der Waals surface area (Å²) in [6.45, 7) is 12.5. The Morgan fingerprint density at radius 1 is 1.06 bits per heavy atom. The summed E-state index contributed by atoms with van der Waals surface area (Å²) in [5.74, 6) is 0.626. The van der Waals surface area contributed by atoms with Crippen LogP contribution >= 0.6 is 0 Å². The molecule has 0 saturated carbocycles. The average molecular weight is 230 g/mol. The van der Waals surface area contributed by atoms with Gasteiger partial charge in [-0.2, -0.15) is 0 Å². The normalized spacial score (nSPS) is 19.5. The van der Waals surface area contributed by atoms with Gasteiger partial charge in [-0.3, -0.25) is 9.80 Å². The van der Waals surface area contributed by atoms with Gasteiger partial charge in [0.05, 0.1) is 13.2 Å². The van der Waals surface area contributed by atoms with E-state index in [1.165, 1.54) is 0 Å². The summed E-state index contributed by atoms with van der Waals surface area (Å²) in [5, 5.41) is 8.83. The molecule has 1 saturated heterocycles. The Balaban J connectivity index is 1.99. The molecular formula is C12H26N2O2. The van der Waals surface area contributed by atoms with E-state index in [2.05, 4.69) is 23.6 Å². The van der Waals surface area contributed by atoms with E-state index in [9.17, 15) is 0 Å². The smallest absolute Gasteiger partial charge is 0.0593 e. The molecule has 0 atom stereocenters. The lowest BCUT2D eigenvalue weighted by Crippen LogP contribution is -2.47. The van der Waals surface area contributed by atoms with Crippen LogP contribution in [-0.4, -0.2) is 74.0 Å². The van der Waals surface area contributed by atoms with Gasteiger partial charge in [0.25, 0.3) is 0 Å². The third-order valence-corrected chi connectivity index (χ3v) is 2.88. The molecule has 1 heterocycles. The topological polar surface area (TPSA) is 35.9 Å². The zero-order chi connectivity index (χ0) is 11.8. The van der Waals surface area contributed by atoms with Crippen molar-refractivity contribution in [3.8, 4) is 0 Å². The lowest BCUT2D eigenvalue weighted by Gasteiger charge is -2.34. The van der Waals surface area contributed by atoms with Gasteiger partial charge in [-0.15, -0.1) is 0 Å². The van der Waals surface area contributed by atoms with E-state index in [0.717, 1.165) is 52.5 Å². The maximum absolute atomic E-state index is 8.83. The molecule has 0 radical (unpaired) electrons. The van der Waals surface area contributed by atoms with Gasteiger partial charge in [0.15, 0.2) is 0 Å². The number of ether oxygens (including phenoxy) is 1. The van der Waals surface area contributed by atoms with Crippen molar-refractivity contribution in [2.75, 3.05) is 59.1 Å². The van der Waals surface area contributed by atoms with Crippen molar-refractivity contribution in [3.05, 3.63) is 0 Å². The molecular weight excluding hydrogens is 204 g/mol. The lowest BCUT2D eigenvalue weighted by atomic mass is 10.2. The van der Waals surface area contributed by atoms with E-state index in [-0.39, 0.29) is 6.61 Å². The minimum atomic E-state index is 0.275. The van der Waals surface area contributed by atoms with Crippen molar-refractivity contribution >= 4 is 0 Å². The van der Waals surface area contributed by atoms with Gasteiger partial charge >= 0.3 is 0 Å². The molecule has 1 rings (SSSR count). The Labute approximate surface area is 99.2 Å². The summed E-state index contributed by atoms with van der Waals surface area (Å²) in [7, 11) is 0. The minimum absolute atomic E-state index is 0.275. The Bertz CT molecular complexity index is 168. The van der Waals surface area contributed by atoms with Crippen molar-refractivity contribution in [1.82, 2.24) is 9.80 Å². The molecule has 0 spiro atoms. The number of β-amino-alcohol motifs (C(OH)–C–C–N with tert-alkyl or cyclic N) is 1. The SMILES string of the molecule is CC(C)COCCN1CCN(CCO)CC1. The first-order valence-corrected chi connectivity index (χ1v) is 6.35. The minimum Gasteiger partial charge on any atom is -0.395 e. The molecule has 16 heavy (non-hydrogen) atoms. The van der Waals surface area contributed by atoms with E-state index in [1.54, 1.807) is 0 Å². The number of aliphatic hydroxyl groups excluding tert-OH is 1. The van der Waals surface area contributed by atoms with Crippen LogP contribution in [0.4, 0.5) is 0 Å². The molecule has 0 aliphatic carbocycles. The molecule has 96 valence electrons. The van der Waals surface area contributed by atoms with Gasteiger partial charge in [0, 0.05) is 45.9 Å². The number of aliphatic hydroxyl groups is 1. The fourth-order valence-electron chi connectivity index (χ4n) is 1.89. The molecule has 4 nitrogen and oxygen atoms in total. The highest BCUT2D eigenvalue weighted by Gasteiger charge is 2.15. The molecule has 0 bridgehead atoms. The second-order valence-corrected chi connectivity index (χ2v) is 4.88. The fourth-order valence-corrected chi connectivity index (χ4v) is 1.89. The third kappa shape index (κ3) is 5.80. The molecule has 0 unspecified atom stereocenters. The number of rotatable bonds is 7. The number of hydrogen-bond donors (Lipinski definition) is 1. The summed E-state index contributed by atoms with van der Waals surface area (Å²) >= 11 is 0. The zero-order valence-corrected chi connectivity index (χ0v) is 10.7. The molecule has 1 fully saturated rings. The fraction of sp³-hybridized carbons (Fsp3) is 1.00. The second-order valence-electron chi connectivity index (χ2n) is 4.88. The van der Waals surface area contributed by atoms with Crippen LogP contribution < -0.4 is 0 Å². The molecule has 1 N–H and O–H groups in total. The van der Waals surface area contributed by atoms with Crippen molar-refractivity contribution < 1.29 is 9.84 Å². The average Bonchev–Trinajstić information content (AvgIpc) is 2.27. The molecule has 1 aliphatic rings. The standard InChI is InChI=1S/C12H26N2O2/c1-12(2)11-16-10-8-14-5-3-13(4-6-14)7-9-15/h12,15H,3-11H2,1-2H3. The predicted molar refractivity (Wildman–Crippen MR) is 65.6 cm³/mol. The molecule has 1 aliphatic heterocycles. The Morgan fingerprint density at radius 3 is 2.12 bits per heavy atom. The van der Waals surface area contributed by atoms with Crippen LogP contribution in [0.25, 0.3) is 0 Å². The van der Waals surface area contributed by atoms with Gasteiger partial charge < -0.3 is 9.84 Å². The summed E-state index contributed by atoms with van der Waals surface area (Å²) in [6, 6.07) is 0. The molecule has 4 heteroatoms. The van der Waals surface area contributed by atoms with Gasteiger partial charge in [-0.25, -0.2) is 0 Å². The van der Waals surface area contributed by atoms with Crippen LogP contribution in [0.1, 0.15) is 13.8 Å². The molecule has 0 amide bonds. The van der Waals surface area contributed by atoms with E-state index in [0.29, 0.717) is 5.92 Å². The van der Waals surface area contributed by atoms with Crippen LogP contribution in [0.5, 0.6) is 0 Å². The largest absolute Gasteiger partial charge is 0.395 e. The lowest BCUT2D eigenvalue weighted by molar-refractivity contribution is 0.0605. The molecule has 0 aromatic heterocycles. The number of nitrogens with zero attached hydrogens (tertiary/aromatic N) is 2. The van der Waals surface area contributed by atoms with Crippen molar-refractivity contribution in [1.29, 1.82) is 0 Å². The quantitative estimate of drug-likeness (QED) is 0.637. The summed E-state index contributed by atoms with van der Waals surface area (Å²) in [6.07, 6.45) is 0. The van der Waals surface area contributed by atoms with Crippen molar-refractivity contribution in [3.63, 3.8) is 0 Å². The second kappa shape index (κ2) is 8.01. The van der Waals surface area contributed by atoms with Gasteiger partial charge in [-0.1, -0.05) is 13.8 Å². The van der Waals surface area contributed by atoms with E-state index >= 15 is 0 Å². The third-order valence-electron chi connectivity index (χ3n) is 2.88. The van der Waals surface area contributed by atoms with Crippen LogP contribution in [0.3, 0.4) is 0 Å². The molecule has 0 aromatic carbocycles. The summed E-state index contributed by atoms with van der Waals surface area (Å²) in [5.41, 5.74) is 0. The van der Waals surface area contributed by atoms with Crippen molar-refractivity contribution in [2.45, 2.75) is 13.8 Å². The maximum atomic E-state index is 8.83. The van der Waals surface area contributed by atoms with E-state index in [4.69, 9.17) is 9.84 Å². The Kier molecular flexibility index (Phi) is 6.96. The zero-order valence-electron chi connectivity index (χ0n) is 10.7. The van der Waals surface area contributed by atoms with Gasteiger partial charge in [0.1, 0.15) is 0 Å². The van der Waals surface area contributed by atoms with Crippen LogP contribution in [0, 0.1) is 5.92 Å². The predicted octanol–water partition coefficient (Wildman–Crippen LogP) is 0.269.